The summed E-state index contributed by atoms with van der Waals surface area (Å²) in [4.78, 5) is 13.7. The van der Waals surface area contributed by atoms with Gasteiger partial charge < -0.3 is 24.1 Å². The van der Waals surface area contributed by atoms with Crippen molar-refractivity contribution in [1.82, 2.24) is 0 Å². The van der Waals surface area contributed by atoms with E-state index in [1.807, 2.05) is 48.2 Å². The van der Waals surface area contributed by atoms with Gasteiger partial charge in [-0.15, -0.1) is 6.58 Å². The molecule has 0 saturated heterocycles. The molecule has 0 aliphatic carbocycles. The van der Waals surface area contributed by atoms with Gasteiger partial charge in [-0.05, 0) is 86.2 Å². The van der Waals surface area contributed by atoms with Crippen molar-refractivity contribution < 1.29 is 18.7 Å². The highest BCUT2D eigenvalue weighted by atomic mass is 32.1. The fourth-order valence-electron chi connectivity index (χ4n) is 3.30. The first kappa shape index (κ1) is 23.1. The van der Waals surface area contributed by atoms with Crippen LogP contribution in [0.4, 0.5) is 11.4 Å². The second-order valence-corrected chi connectivity index (χ2v) is 7.65. The van der Waals surface area contributed by atoms with Crippen molar-refractivity contribution in [1.29, 1.82) is 0 Å². The number of thiocarbonyl (C=S) groups is 1. The van der Waals surface area contributed by atoms with E-state index >= 15 is 0 Å². The standard InChI is InChI=1S/C25H26N2O4S/c1-17(2)16-22(23-6-5-15-31-23)27(20-11-13-21(29-3)14-12-20)25(32)26-19-9-7-18(8-10-19)24(28)30-4/h5-15,22H,1,16H2,2-4H3,(H,26,32). The summed E-state index contributed by atoms with van der Waals surface area (Å²) in [5.41, 5.74) is 3.08. The summed E-state index contributed by atoms with van der Waals surface area (Å²) in [7, 11) is 2.98. The molecule has 1 atom stereocenters. The monoisotopic (exact) mass is 450 g/mol. The Morgan fingerprint density at radius 3 is 2.34 bits per heavy atom. The third-order valence-corrected chi connectivity index (χ3v) is 5.15. The number of carbonyl (C=O) groups excluding carboxylic acids is 1. The minimum atomic E-state index is -0.390. The first-order valence-corrected chi connectivity index (χ1v) is 10.4. The Morgan fingerprint density at radius 2 is 1.81 bits per heavy atom. The molecule has 0 aliphatic heterocycles. The van der Waals surface area contributed by atoms with E-state index in [2.05, 4.69) is 11.9 Å². The summed E-state index contributed by atoms with van der Waals surface area (Å²) in [5.74, 6) is 1.13. The van der Waals surface area contributed by atoms with Gasteiger partial charge in [0.05, 0.1) is 32.1 Å². The summed E-state index contributed by atoms with van der Waals surface area (Å²) in [6, 6.07) is 18.2. The van der Waals surface area contributed by atoms with E-state index in [0.717, 1.165) is 28.5 Å². The molecule has 1 N–H and O–H groups in total. The number of ether oxygens (including phenoxy) is 2. The Kier molecular flexibility index (Phi) is 7.68. The molecular formula is C25H26N2O4S. The molecule has 166 valence electrons. The van der Waals surface area contributed by atoms with E-state index in [9.17, 15) is 4.79 Å². The Morgan fingerprint density at radius 1 is 1.12 bits per heavy atom. The number of anilines is 2. The summed E-state index contributed by atoms with van der Waals surface area (Å²) in [5, 5.41) is 3.75. The van der Waals surface area contributed by atoms with Crippen LogP contribution in [0.5, 0.6) is 5.75 Å². The number of benzene rings is 2. The molecule has 1 unspecified atom stereocenters. The maximum atomic E-state index is 11.7. The molecule has 0 aliphatic rings. The van der Waals surface area contributed by atoms with E-state index < -0.39 is 5.97 Å². The normalized spacial score (nSPS) is 11.3. The molecule has 6 nitrogen and oxygen atoms in total. The maximum Gasteiger partial charge on any atom is 0.337 e. The van der Waals surface area contributed by atoms with Gasteiger partial charge in [-0.3, -0.25) is 0 Å². The second-order valence-electron chi connectivity index (χ2n) is 7.26. The van der Waals surface area contributed by atoms with Gasteiger partial charge in [0, 0.05) is 11.4 Å². The Bertz CT molecular complexity index is 1060. The van der Waals surface area contributed by atoms with Crippen LogP contribution < -0.4 is 15.0 Å². The molecule has 7 heteroatoms. The van der Waals surface area contributed by atoms with Gasteiger partial charge in [-0.2, -0.15) is 0 Å². The summed E-state index contributed by atoms with van der Waals surface area (Å²) < 4.78 is 15.8. The predicted molar refractivity (Wildman–Crippen MR) is 130 cm³/mol. The van der Waals surface area contributed by atoms with Gasteiger partial charge in [-0.1, -0.05) is 5.57 Å². The number of carbonyl (C=O) groups is 1. The number of hydrogen-bond donors (Lipinski definition) is 1. The molecule has 0 bridgehead atoms. The van der Waals surface area contributed by atoms with Crippen LogP contribution in [-0.4, -0.2) is 25.3 Å². The number of furan rings is 1. The van der Waals surface area contributed by atoms with E-state index in [4.69, 9.17) is 26.1 Å². The van der Waals surface area contributed by atoms with E-state index in [1.54, 1.807) is 37.6 Å². The Hall–Kier alpha value is -3.58. The fourth-order valence-corrected chi connectivity index (χ4v) is 3.65. The van der Waals surface area contributed by atoms with E-state index in [-0.39, 0.29) is 6.04 Å². The zero-order valence-electron chi connectivity index (χ0n) is 18.3. The largest absolute Gasteiger partial charge is 0.497 e. The van der Waals surface area contributed by atoms with Crippen molar-refractivity contribution in [2.75, 3.05) is 24.4 Å². The van der Waals surface area contributed by atoms with Crippen molar-refractivity contribution in [3.63, 3.8) is 0 Å². The molecule has 2 aromatic carbocycles. The molecule has 1 aromatic heterocycles. The SMILES string of the molecule is C=C(C)CC(c1ccco1)N(C(=S)Nc1ccc(C(=O)OC)cc1)c1ccc(OC)cc1. The maximum absolute atomic E-state index is 11.7. The highest BCUT2D eigenvalue weighted by Gasteiger charge is 2.27. The lowest BCUT2D eigenvalue weighted by atomic mass is 10.0. The fraction of sp³-hybridized carbons (Fsp3) is 0.200. The van der Waals surface area contributed by atoms with Crippen LogP contribution in [0.3, 0.4) is 0 Å². The summed E-state index contributed by atoms with van der Waals surface area (Å²) in [6.07, 6.45) is 2.29. The molecule has 0 amide bonds. The van der Waals surface area contributed by atoms with Gasteiger partial charge in [0.25, 0.3) is 0 Å². The van der Waals surface area contributed by atoms with Crippen LogP contribution in [0.25, 0.3) is 0 Å². The predicted octanol–water partition coefficient (Wildman–Crippen LogP) is 5.99. The van der Waals surface area contributed by atoms with Crippen molar-refractivity contribution in [3.05, 3.63) is 90.4 Å². The highest BCUT2D eigenvalue weighted by Crippen LogP contribution is 2.34. The number of rotatable bonds is 8. The van der Waals surface area contributed by atoms with Gasteiger partial charge in [-0.25, -0.2) is 4.79 Å². The lowest BCUT2D eigenvalue weighted by Crippen LogP contribution is -2.38. The Labute approximate surface area is 193 Å². The molecule has 0 fully saturated rings. The molecule has 32 heavy (non-hydrogen) atoms. The number of hydrogen-bond acceptors (Lipinski definition) is 5. The van der Waals surface area contributed by atoms with Crippen molar-refractivity contribution in [2.24, 2.45) is 0 Å². The third-order valence-electron chi connectivity index (χ3n) is 4.85. The molecular weight excluding hydrogens is 424 g/mol. The van der Waals surface area contributed by atoms with E-state index in [1.165, 1.54) is 7.11 Å². The van der Waals surface area contributed by atoms with Crippen LogP contribution in [0, 0.1) is 0 Å². The smallest absolute Gasteiger partial charge is 0.337 e. The first-order valence-electron chi connectivity index (χ1n) is 10.0. The van der Waals surface area contributed by atoms with Crippen LogP contribution in [0.2, 0.25) is 0 Å². The molecule has 1 heterocycles. The summed E-state index contributed by atoms with van der Waals surface area (Å²) >= 11 is 5.83. The molecule has 3 aromatic rings. The summed E-state index contributed by atoms with van der Waals surface area (Å²) in [6.45, 7) is 6.07. The van der Waals surface area contributed by atoms with E-state index in [0.29, 0.717) is 17.1 Å². The third kappa shape index (κ3) is 5.56. The lowest BCUT2D eigenvalue weighted by molar-refractivity contribution is 0.0601. The zero-order chi connectivity index (χ0) is 23.1. The minimum absolute atomic E-state index is 0.203. The lowest BCUT2D eigenvalue weighted by Gasteiger charge is -2.33. The Balaban J connectivity index is 1.95. The zero-order valence-corrected chi connectivity index (χ0v) is 19.1. The minimum Gasteiger partial charge on any atom is -0.497 e. The van der Waals surface area contributed by atoms with Gasteiger partial charge in [0.15, 0.2) is 5.11 Å². The second kappa shape index (κ2) is 10.6. The highest BCUT2D eigenvalue weighted by molar-refractivity contribution is 7.80. The van der Waals surface area contributed by atoms with Crippen LogP contribution >= 0.6 is 12.2 Å². The van der Waals surface area contributed by atoms with Crippen LogP contribution in [-0.2, 0) is 4.74 Å². The van der Waals surface area contributed by atoms with Crippen LogP contribution in [0.15, 0.2) is 83.5 Å². The number of nitrogens with zero attached hydrogens (tertiary/aromatic N) is 1. The number of nitrogens with one attached hydrogen (secondary N) is 1. The molecule has 0 spiro atoms. The quantitative estimate of drug-likeness (QED) is 0.257. The average molecular weight is 451 g/mol. The van der Waals surface area contributed by atoms with Crippen LogP contribution in [0.1, 0.15) is 35.5 Å². The van der Waals surface area contributed by atoms with Crippen molar-refractivity contribution >= 4 is 34.7 Å². The van der Waals surface area contributed by atoms with Crippen molar-refractivity contribution in [3.8, 4) is 5.75 Å². The van der Waals surface area contributed by atoms with Gasteiger partial charge in [0.2, 0.25) is 0 Å². The molecule has 3 rings (SSSR count). The number of esters is 1. The van der Waals surface area contributed by atoms with Gasteiger partial charge in [0.1, 0.15) is 11.5 Å². The number of methoxy groups -OCH3 is 2. The van der Waals surface area contributed by atoms with Crippen molar-refractivity contribution in [2.45, 2.75) is 19.4 Å². The van der Waals surface area contributed by atoms with Gasteiger partial charge >= 0.3 is 5.97 Å². The molecule has 0 radical (unpaired) electrons. The molecule has 0 saturated carbocycles. The first-order chi connectivity index (χ1) is 15.4. The average Bonchev–Trinajstić information content (AvgIpc) is 3.33. The topological polar surface area (TPSA) is 63.9 Å².